The van der Waals surface area contributed by atoms with Gasteiger partial charge in [0.05, 0.1) is 0 Å². The van der Waals surface area contributed by atoms with Crippen molar-refractivity contribution in [2.24, 2.45) is 0 Å². The van der Waals surface area contributed by atoms with Gasteiger partial charge in [-0.2, -0.15) is 0 Å². The standard InChI is InChI=1S/C16H23N3S/c20-16(17-14-6-7-14)18-15-8-10-19(11-9-15)12-13-4-2-1-3-5-13/h1-5,14-15H,6-12H2,(H2,17,18,20). The van der Waals surface area contributed by atoms with Crippen molar-refractivity contribution in [3.63, 3.8) is 0 Å². The molecule has 0 atom stereocenters. The molecular formula is C16H23N3S. The number of hydrogen-bond donors (Lipinski definition) is 2. The highest BCUT2D eigenvalue weighted by atomic mass is 32.1. The molecule has 3 nitrogen and oxygen atoms in total. The highest BCUT2D eigenvalue weighted by Crippen LogP contribution is 2.19. The Balaban J connectivity index is 1.39. The lowest BCUT2D eigenvalue weighted by atomic mass is 10.0. The lowest BCUT2D eigenvalue weighted by Gasteiger charge is -2.33. The fourth-order valence-corrected chi connectivity index (χ4v) is 3.05. The number of nitrogens with zero attached hydrogens (tertiary/aromatic N) is 1. The van der Waals surface area contributed by atoms with Crippen LogP contribution in [0.1, 0.15) is 31.2 Å². The molecule has 0 amide bonds. The molecule has 4 heteroatoms. The van der Waals surface area contributed by atoms with E-state index in [1.54, 1.807) is 0 Å². The first-order valence-corrected chi connectivity index (χ1v) is 8.04. The van der Waals surface area contributed by atoms with E-state index in [-0.39, 0.29) is 0 Å². The molecule has 2 aliphatic rings. The third kappa shape index (κ3) is 4.18. The minimum absolute atomic E-state index is 0.542. The van der Waals surface area contributed by atoms with Gasteiger partial charge in [-0.3, -0.25) is 4.90 Å². The Morgan fingerprint density at radius 1 is 1.00 bits per heavy atom. The number of hydrogen-bond acceptors (Lipinski definition) is 2. The number of nitrogens with one attached hydrogen (secondary N) is 2. The van der Waals surface area contributed by atoms with Gasteiger partial charge in [-0.15, -0.1) is 0 Å². The zero-order valence-electron chi connectivity index (χ0n) is 11.8. The maximum atomic E-state index is 5.35. The molecule has 0 spiro atoms. The van der Waals surface area contributed by atoms with Gasteiger partial charge >= 0.3 is 0 Å². The molecular weight excluding hydrogens is 266 g/mol. The van der Waals surface area contributed by atoms with Crippen LogP contribution in [0.25, 0.3) is 0 Å². The highest BCUT2D eigenvalue weighted by Gasteiger charge is 2.24. The van der Waals surface area contributed by atoms with Gasteiger partial charge in [0.1, 0.15) is 0 Å². The van der Waals surface area contributed by atoms with Crippen molar-refractivity contribution in [1.82, 2.24) is 15.5 Å². The summed E-state index contributed by atoms with van der Waals surface area (Å²) in [5.41, 5.74) is 1.41. The summed E-state index contributed by atoms with van der Waals surface area (Å²) in [5, 5.41) is 7.68. The summed E-state index contributed by atoms with van der Waals surface area (Å²) >= 11 is 5.35. The first-order valence-electron chi connectivity index (χ1n) is 7.63. The summed E-state index contributed by atoms with van der Waals surface area (Å²) < 4.78 is 0. The molecule has 1 heterocycles. The van der Waals surface area contributed by atoms with Crippen LogP contribution in [0.3, 0.4) is 0 Å². The van der Waals surface area contributed by atoms with Crippen molar-refractivity contribution in [2.45, 2.75) is 44.3 Å². The van der Waals surface area contributed by atoms with Crippen molar-refractivity contribution in [1.29, 1.82) is 0 Å². The van der Waals surface area contributed by atoms with E-state index in [4.69, 9.17) is 12.2 Å². The van der Waals surface area contributed by atoms with Gasteiger partial charge in [-0.05, 0) is 43.5 Å². The van der Waals surface area contributed by atoms with E-state index in [0.29, 0.717) is 12.1 Å². The van der Waals surface area contributed by atoms with Crippen molar-refractivity contribution in [3.8, 4) is 0 Å². The van der Waals surface area contributed by atoms with Crippen molar-refractivity contribution in [2.75, 3.05) is 13.1 Å². The van der Waals surface area contributed by atoms with E-state index in [2.05, 4.69) is 45.9 Å². The van der Waals surface area contributed by atoms with Crippen LogP contribution in [0.4, 0.5) is 0 Å². The molecule has 2 N–H and O–H groups in total. The molecule has 108 valence electrons. The highest BCUT2D eigenvalue weighted by molar-refractivity contribution is 7.80. The second kappa shape index (κ2) is 6.55. The van der Waals surface area contributed by atoms with Gasteiger partial charge in [0, 0.05) is 31.7 Å². The predicted octanol–water partition coefficient (Wildman–Crippen LogP) is 2.28. The molecule has 0 radical (unpaired) electrons. The van der Waals surface area contributed by atoms with Crippen molar-refractivity contribution < 1.29 is 0 Å². The molecule has 1 aliphatic heterocycles. The number of piperidine rings is 1. The van der Waals surface area contributed by atoms with Crippen LogP contribution < -0.4 is 10.6 Å². The third-order valence-electron chi connectivity index (χ3n) is 4.08. The normalized spacial score (nSPS) is 20.6. The number of rotatable bonds is 4. The Labute approximate surface area is 126 Å². The first kappa shape index (κ1) is 13.8. The van der Waals surface area contributed by atoms with Crippen molar-refractivity contribution >= 4 is 17.3 Å². The Kier molecular flexibility index (Phi) is 4.53. The average Bonchev–Trinajstić information content (AvgIpc) is 3.26. The second-order valence-corrected chi connectivity index (χ2v) is 6.34. The van der Waals surface area contributed by atoms with E-state index < -0.39 is 0 Å². The summed E-state index contributed by atoms with van der Waals surface area (Å²) in [7, 11) is 0. The third-order valence-corrected chi connectivity index (χ3v) is 4.32. The number of thiocarbonyl (C=S) groups is 1. The summed E-state index contributed by atoms with van der Waals surface area (Å²) in [6.07, 6.45) is 4.91. The zero-order chi connectivity index (χ0) is 13.8. The van der Waals surface area contributed by atoms with E-state index in [9.17, 15) is 0 Å². The van der Waals surface area contributed by atoms with E-state index in [1.165, 1.54) is 31.2 Å². The van der Waals surface area contributed by atoms with Crippen LogP contribution >= 0.6 is 12.2 Å². The largest absolute Gasteiger partial charge is 0.360 e. The Morgan fingerprint density at radius 2 is 1.60 bits per heavy atom. The smallest absolute Gasteiger partial charge is 0.166 e. The molecule has 1 aromatic carbocycles. The molecule has 1 saturated carbocycles. The average molecular weight is 289 g/mol. The minimum Gasteiger partial charge on any atom is -0.360 e. The van der Waals surface area contributed by atoms with Crippen LogP contribution in [0.15, 0.2) is 30.3 Å². The fourth-order valence-electron chi connectivity index (χ4n) is 2.72. The minimum atomic E-state index is 0.542. The Bertz CT molecular complexity index is 436. The molecule has 20 heavy (non-hydrogen) atoms. The van der Waals surface area contributed by atoms with Crippen LogP contribution in [0, 0.1) is 0 Å². The van der Waals surface area contributed by atoms with Gasteiger partial charge in [0.25, 0.3) is 0 Å². The molecule has 1 aromatic rings. The maximum absolute atomic E-state index is 5.35. The molecule has 0 aromatic heterocycles. The van der Waals surface area contributed by atoms with E-state index in [0.717, 1.165) is 24.7 Å². The summed E-state index contributed by atoms with van der Waals surface area (Å²) in [6, 6.07) is 11.9. The quantitative estimate of drug-likeness (QED) is 0.832. The van der Waals surface area contributed by atoms with Crippen LogP contribution in [-0.2, 0) is 6.54 Å². The second-order valence-electron chi connectivity index (χ2n) is 5.93. The van der Waals surface area contributed by atoms with Crippen LogP contribution in [0.5, 0.6) is 0 Å². The van der Waals surface area contributed by atoms with Gasteiger partial charge < -0.3 is 10.6 Å². The molecule has 3 rings (SSSR count). The lowest BCUT2D eigenvalue weighted by molar-refractivity contribution is 0.199. The molecule has 0 bridgehead atoms. The summed E-state index contributed by atoms with van der Waals surface area (Å²) in [5.74, 6) is 0. The fraction of sp³-hybridized carbons (Fsp3) is 0.562. The molecule has 1 aliphatic carbocycles. The number of benzene rings is 1. The maximum Gasteiger partial charge on any atom is 0.166 e. The monoisotopic (exact) mass is 289 g/mol. The topological polar surface area (TPSA) is 27.3 Å². The lowest BCUT2D eigenvalue weighted by Crippen LogP contribution is -2.48. The van der Waals surface area contributed by atoms with Gasteiger partial charge in [0.15, 0.2) is 5.11 Å². The van der Waals surface area contributed by atoms with Gasteiger partial charge in [0.2, 0.25) is 0 Å². The van der Waals surface area contributed by atoms with Gasteiger partial charge in [-0.1, -0.05) is 30.3 Å². The molecule has 2 fully saturated rings. The van der Waals surface area contributed by atoms with Crippen molar-refractivity contribution in [3.05, 3.63) is 35.9 Å². The summed E-state index contributed by atoms with van der Waals surface area (Å²) in [4.78, 5) is 2.53. The van der Waals surface area contributed by atoms with Crippen LogP contribution in [0.2, 0.25) is 0 Å². The van der Waals surface area contributed by atoms with E-state index >= 15 is 0 Å². The summed E-state index contributed by atoms with van der Waals surface area (Å²) in [6.45, 7) is 3.37. The van der Waals surface area contributed by atoms with Gasteiger partial charge in [-0.25, -0.2) is 0 Å². The Hall–Kier alpha value is -1.13. The Morgan fingerprint density at radius 3 is 2.20 bits per heavy atom. The van der Waals surface area contributed by atoms with Crippen LogP contribution in [-0.4, -0.2) is 35.2 Å². The number of likely N-dealkylation sites (tertiary alicyclic amines) is 1. The zero-order valence-corrected chi connectivity index (χ0v) is 12.7. The SMILES string of the molecule is S=C(NC1CC1)NC1CCN(Cc2ccccc2)CC1. The molecule has 1 saturated heterocycles. The first-order chi connectivity index (χ1) is 9.79. The predicted molar refractivity (Wildman–Crippen MR) is 86.6 cm³/mol. The molecule has 0 unspecified atom stereocenters. The van der Waals surface area contributed by atoms with E-state index in [1.807, 2.05) is 0 Å².